The molecule has 2 atom stereocenters. The van der Waals surface area contributed by atoms with Gasteiger partial charge in [0.15, 0.2) is 9.92 Å². The van der Waals surface area contributed by atoms with Crippen LogP contribution in [0.1, 0.15) is 52.2 Å². The van der Waals surface area contributed by atoms with Crippen molar-refractivity contribution in [3.05, 3.63) is 51.9 Å². The van der Waals surface area contributed by atoms with E-state index in [-0.39, 0.29) is 28.0 Å². The molecule has 12 heteroatoms. The van der Waals surface area contributed by atoms with E-state index in [9.17, 15) is 18.6 Å². The summed E-state index contributed by atoms with van der Waals surface area (Å²) in [4.78, 5) is 38.3. The maximum atomic E-state index is 13.9. The molecule has 1 aromatic heterocycles. The molecule has 2 aromatic rings. The Balaban J connectivity index is 2.36. The van der Waals surface area contributed by atoms with E-state index in [4.69, 9.17) is 21.6 Å². The number of carbonyl (C=O) groups is 3. The Labute approximate surface area is 220 Å². The first-order valence-electron chi connectivity index (χ1n) is 11.0. The van der Waals surface area contributed by atoms with Crippen LogP contribution in [0.15, 0.2) is 44.3 Å². The number of nitrogens with one attached hydrogen (secondary N) is 2. The van der Waals surface area contributed by atoms with Crippen LogP contribution in [0.25, 0.3) is 0 Å². The Morgan fingerprint density at radius 3 is 2.36 bits per heavy atom. The molecule has 0 radical (unpaired) electrons. The summed E-state index contributed by atoms with van der Waals surface area (Å²) < 4.78 is 25.5. The summed E-state index contributed by atoms with van der Waals surface area (Å²) in [7, 11) is -3.76. The zero-order valence-electron chi connectivity index (χ0n) is 20.7. The minimum atomic E-state index is -3.76. The van der Waals surface area contributed by atoms with Gasteiger partial charge in [0, 0.05) is 5.38 Å². The molecule has 0 aliphatic rings. The molecule has 2 N–H and O–H groups in total. The number of nitrogens with zero attached hydrogens (tertiary/aromatic N) is 2. The first kappa shape index (κ1) is 29.3. The second kappa shape index (κ2) is 12.3. The van der Waals surface area contributed by atoms with Crippen LogP contribution in [0.5, 0.6) is 0 Å². The minimum Gasteiger partial charge on any atom is -0.444 e. The number of nitriles is 1. The topological polar surface area (TPSA) is 138 Å². The van der Waals surface area contributed by atoms with Crippen LogP contribution in [0.3, 0.4) is 0 Å². The zero-order chi connectivity index (χ0) is 27.1. The second-order valence-electron chi connectivity index (χ2n) is 9.38. The summed E-state index contributed by atoms with van der Waals surface area (Å²) in [6.07, 6.45) is -0.759. The van der Waals surface area contributed by atoms with Crippen LogP contribution in [-0.4, -0.2) is 33.8 Å². The van der Waals surface area contributed by atoms with Gasteiger partial charge in [0.1, 0.15) is 15.9 Å². The molecule has 0 fully saturated rings. The van der Waals surface area contributed by atoms with E-state index in [1.54, 1.807) is 45.0 Å². The van der Waals surface area contributed by atoms with Crippen molar-refractivity contribution in [2.75, 3.05) is 0 Å². The third-order valence-electron chi connectivity index (χ3n) is 4.43. The van der Waals surface area contributed by atoms with E-state index in [2.05, 4.69) is 14.4 Å². The summed E-state index contributed by atoms with van der Waals surface area (Å²) in [5.74, 6) is -1.53. The summed E-state index contributed by atoms with van der Waals surface area (Å²) in [6, 6.07) is 8.57. The smallest absolute Gasteiger partial charge is 0.408 e. The lowest BCUT2D eigenvalue weighted by Crippen LogP contribution is -2.44. The van der Waals surface area contributed by atoms with Gasteiger partial charge in [-0.2, -0.15) is 5.26 Å². The number of halogens is 1. The fourth-order valence-electron chi connectivity index (χ4n) is 2.96. The summed E-state index contributed by atoms with van der Waals surface area (Å²) in [6.45, 7) is 8.77. The van der Waals surface area contributed by atoms with Crippen molar-refractivity contribution >= 4 is 50.8 Å². The third-order valence-corrected chi connectivity index (χ3v) is 8.07. The molecule has 0 aliphatic carbocycles. The highest BCUT2D eigenvalue weighted by atomic mass is 35.5. The molecule has 0 aliphatic heterocycles. The van der Waals surface area contributed by atoms with Gasteiger partial charge in [-0.25, -0.2) is 9.00 Å². The van der Waals surface area contributed by atoms with Crippen LogP contribution in [-0.2, 0) is 30.7 Å². The highest BCUT2D eigenvalue weighted by molar-refractivity contribution is 7.94. The lowest BCUT2D eigenvalue weighted by Gasteiger charge is -2.23. The van der Waals surface area contributed by atoms with Gasteiger partial charge in [0.25, 0.3) is 5.91 Å². The predicted molar refractivity (Wildman–Crippen MR) is 139 cm³/mol. The minimum absolute atomic E-state index is 0.0118. The van der Waals surface area contributed by atoms with Gasteiger partial charge in [-0.05, 0) is 56.9 Å². The molecule has 0 saturated heterocycles. The lowest BCUT2D eigenvalue weighted by molar-refractivity contribution is -0.120. The van der Waals surface area contributed by atoms with Crippen LogP contribution < -0.4 is 10.0 Å². The number of ether oxygens (including phenoxy) is 1. The molecule has 0 spiro atoms. The van der Waals surface area contributed by atoms with Gasteiger partial charge in [-0.1, -0.05) is 37.6 Å². The van der Waals surface area contributed by atoms with Crippen LogP contribution >= 0.6 is 22.9 Å². The molecule has 194 valence electrons. The molecule has 3 amide bonds. The Morgan fingerprint density at radius 2 is 1.86 bits per heavy atom. The monoisotopic (exact) mass is 552 g/mol. The molecular formula is C24H29ClN4O5S2. The zero-order valence-corrected chi connectivity index (χ0v) is 23.1. The van der Waals surface area contributed by atoms with Crippen molar-refractivity contribution in [2.24, 2.45) is 10.3 Å². The standard InChI is InChI=1S/C24H29ClN4O5S2/c1-15(2)10-19(27-23(32)34-24(3,4)5)22(31)29-36(33,21-12-18(25)14-35-21)28-20(30)11-16-6-8-17(13-26)9-7-16/h6-9,12,14-15,19H,10-11H2,1-5H3,(H,27,32)(H,28,29,30,31,33)/t19-,36?/m0/s1. The highest BCUT2D eigenvalue weighted by Gasteiger charge is 2.28. The molecule has 2 rings (SSSR count). The normalized spacial score (nSPS) is 13.7. The van der Waals surface area contributed by atoms with Crippen LogP contribution in [0.2, 0.25) is 5.02 Å². The van der Waals surface area contributed by atoms with Crippen molar-refractivity contribution in [3.8, 4) is 6.07 Å². The fraction of sp³-hybridized carbons (Fsp3) is 0.417. The van der Waals surface area contributed by atoms with Gasteiger partial charge in [-0.15, -0.1) is 15.7 Å². The Bertz CT molecular complexity index is 1270. The average Bonchev–Trinajstić information content (AvgIpc) is 3.19. The predicted octanol–water partition coefficient (Wildman–Crippen LogP) is 4.84. The molecule has 36 heavy (non-hydrogen) atoms. The number of hydrogen-bond acceptors (Lipinski definition) is 7. The second-order valence-corrected chi connectivity index (χ2v) is 12.9. The van der Waals surface area contributed by atoms with E-state index < -0.39 is 39.5 Å². The Hall–Kier alpha value is -2.94. The maximum absolute atomic E-state index is 13.9. The Kier molecular flexibility index (Phi) is 10.0. The molecule has 9 nitrogen and oxygen atoms in total. The summed E-state index contributed by atoms with van der Waals surface area (Å²) in [5, 5.41) is 13.2. The maximum Gasteiger partial charge on any atom is 0.408 e. The lowest BCUT2D eigenvalue weighted by atomic mass is 10.0. The quantitative estimate of drug-likeness (QED) is 0.480. The van der Waals surface area contributed by atoms with Crippen LogP contribution in [0.4, 0.5) is 4.79 Å². The number of benzene rings is 1. The van der Waals surface area contributed by atoms with E-state index in [1.807, 2.05) is 19.9 Å². The number of hydrogen-bond donors (Lipinski definition) is 2. The largest absolute Gasteiger partial charge is 0.444 e. The van der Waals surface area contributed by atoms with E-state index >= 15 is 0 Å². The van der Waals surface area contributed by atoms with Crippen molar-refractivity contribution in [1.29, 1.82) is 5.26 Å². The number of amides is 3. The van der Waals surface area contributed by atoms with Gasteiger partial charge < -0.3 is 10.1 Å². The number of carbonyl (C=O) groups excluding carboxylic acids is 3. The number of thiophene rings is 1. The van der Waals surface area contributed by atoms with Crippen molar-refractivity contribution < 1.29 is 23.3 Å². The van der Waals surface area contributed by atoms with Gasteiger partial charge in [0.05, 0.1) is 23.1 Å². The average molecular weight is 553 g/mol. The van der Waals surface area contributed by atoms with E-state index in [0.717, 1.165) is 11.3 Å². The first-order chi connectivity index (χ1) is 16.7. The van der Waals surface area contributed by atoms with Crippen molar-refractivity contribution in [1.82, 2.24) is 10.0 Å². The molecule has 0 saturated carbocycles. The molecule has 0 bridgehead atoms. The number of rotatable bonds is 8. The summed E-state index contributed by atoms with van der Waals surface area (Å²) in [5.41, 5.74) is 0.228. The molecule has 1 aromatic carbocycles. The third kappa shape index (κ3) is 9.26. The molecular weight excluding hydrogens is 524 g/mol. The SMILES string of the molecule is CC(C)C[C@H](NC(=O)OC(C)(C)C)C(=O)N=S(=O)(NC(=O)Cc1ccc(C#N)cc1)c1cc(Cl)cs1. The van der Waals surface area contributed by atoms with Crippen LogP contribution in [0, 0.1) is 17.2 Å². The van der Waals surface area contributed by atoms with Gasteiger partial charge >= 0.3 is 6.09 Å². The van der Waals surface area contributed by atoms with Crippen molar-refractivity contribution in [2.45, 2.75) is 63.3 Å². The molecule has 1 unspecified atom stereocenters. The fourth-order valence-corrected chi connectivity index (χ4v) is 6.02. The number of alkyl carbamates (subject to hydrolysis) is 1. The van der Waals surface area contributed by atoms with E-state index in [1.165, 1.54) is 11.4 Å². The molecule has 1 heterocycles. The summed E-state index contributed by atoms with van der Waals surface area (Å²) >= 11 is 6.99. The van der Waals surface area contributed by atoms with Crippen molar-refractivity contribution in [3.63, 3.8) is 0 Å². The first-order valence-corrected chi connectivity index (χ1v) is 13.8. The highest BCUT2D eigenvalue weighted by Crippen LogP contribution is 2.25. The Morgan fingerprint density at radius 1 is 1.22 bits per heavy atom. The van der Waals surface area contributed by atoms with Gasteiger partial charge in [-0.3, -0.25) is 14.3 Å². The van der Waals surface area contributed by atoms with E-state index in [0.29, 0.717) is 11.1 Å². The van der Waals surface area contributed by atoms with Gasteiger partial charge in [0.2, 0.25) is 5.91 Å².